The summed E-state index contributed by atoms with van der Waals surface area (Å²) in [5.74, 6) is -1.53. The lowest BCUT2D eigenvalue weighted by Crippen LogP contribution is -2.21. The van der Waals surface area contributed by atoms with E-state index < -0.39 is 23.6 Å². The molecule has 0 fully saturated rings. The van der Waals surface area contributed by atoms with Gasteiger partial charge in [-0.15, -0.1) is 0 Å². The molecule has 4 rings (SSSR count). The highest BCUT2D eigenvalue weighted by Gasteiger charge is 2.31. The summed E-state index contributed by atoms with van der Waals surface area (Å²) in [6, 6.07) is 9.83. The largest absolute Gasteiger partial charge is 0.478 e. The molecule has 0 radical (unpaired) electrons. The minimum Gasteiger partial charge on any atom is -0.478 e. The Morgan fingerprint density at radius 1 is 1.11 bits per heavy atom. The Labute approximate surface area is 209 Å². The molecule has 2 aromatic carbocycles. The van der Waals surface area contributed by atoms with E-state index in [2.05, 4.69) is 21.2 Å². The van der Waals surface area contributed by atoms with Gasteiger partial charge in [-0.05, 0) is 89.0 Å². The third-order valence-electron chi connectivity index (χ3n) is 6.33. The topological polar surface area (TPSA) is 71.3 Å². The Bertz CT molecular complexity index is 1300. The number of nitrogens with zero attached hydrogens (tertiary/aromatic N) is 1. The van der Waals surface area contributed by atoms with Gasteiger partial charge in [0.2, 0.25) is 0 Å². The van der Waals surface area contributed by atoms with Gasteiger partial charge in [0.15, 0.2) is 0 Å². The molecule has 3 aromatic rings. The average Bonchev–Trinajstić information content (AvgIpc) is 3.10. The number of rotatable bonds is 6. The second-order valence-electron chi connectivity index (χ2n) is 8.52. The molecule has 1 amide bonds. The van der Waals surface area contributed by atoms with Crippen molar-refractivity contribution in [1.29, 1.82) is 0 Å². The van der Waals surface area contributed by atoms with E-state index in [4.69, 9.17) is 0 Å². The van der Waals surface area contributed by atoms with Crippen LogP contribution in [0.2, 0.25) is 0 Å². The van der Waals surface area contributed by atoms with E-state index >= 15 is 0 Å². The maximum atomic E-state index is 13.5. The number of amides is 1. The van der Waals surface area contributed by atoms with E-state index in [1.54, 1.807) is 22.8 Å². The second kappa shape index (κ2) is 9.89. The number of carbonyl (C=O) groups excluding carboxylic acids is 1. The smallest absolute Gasteiger partial charge is 0.416 e. The third-order valence-corrected chi connectivity index (χ3v) is 7.18. The number of anilines is 1. The van der Waals surface area contributed by atoms with E-state index in [0.717, 1.165) is 49.1 Å². The zero-order valence-electron chi connectivity index (χ0n) is 19.0. The first-order valence-corrected chi connectivity index (χ1v) is 12.1. The molecular weight excluding hydrogens is 525 g/mol. The van der Waals surface area contributed by atoms with Crippen LogP contribution in [0.25, 0.3) is 0 Å². The number of hydrogen-bond acceptors (Lipinski definition) is 2. The molecule has 184 valence electrons. The molecule has 35 heavy (non-hydrogen) atoms. The van der Waals surface area contributed by atoms with E-state index in [1.165, 1.54) is 12.1 Å². The molecule has 1 aliphatic rings. The summed E-state index contributed by atoms with van der Waals surface area (Å²) >= 11 is 3.58. The standard InChI is InChI=1S/C26H24BrF3N2O3/c1-2-17-18(25(34)35)10-6-11-20(17)31-24(33)23-22(27)19-9-3-4-12-21(19)32(23)14-15-7-5-8-16(13-15)26(28,29)30/h5-8,10-11,13H,2-4,9,12,14H2,1H3,(H,31,33)(H,34,35). The van der Waals surface area contributed by atoms with Crippen molar-refractivity contribution in [2.24, 2.45) is 0 Å². The third kappa shape index (κ3) is 5.00. The van der Waals surface area contributed by atoms with Crippen molar-refractivity contribution in [3.05, 3.63) is 86.1 Å². The van der Waals surface area contributed by atoms with Crippen LogP contribution >= 0.6 is 15.9 Å². The molecule has 0 saturated heterocycles. The van der Waals surface area contributed by atoms with Crippen LogP contribution in [-0.4, -0.2) is 21.6 Å². The van der Waals surface area contributed by atoms with Gasteiger partial charge in [0.05, 0.1) is 15.6 Å². The van der Waals surface area contributed by atoms with Crippen LogP contribution in [0.5, 0.6) is 0 Å². The Hall–Kier alpha value is -3.07. The van der Waals surface area contributed by atoms with Gasteiger partial charge < -0.3 is 15.0 Å². The van der Waals surface area contributed by atoms with E-state index in [-0.39, 0.29) is 12.1 Å². The van der Waals surface area contributed by atoms with Crippen LogP contribution in [-0.2, 0) is 32.0 Å². The number of hydrogen-bond donors (Lipinski definition) is 2. The highest BCUT2D eigenvalue weighted by molar-refractivity contribution is 9.10. The molecule has 0 unspecified atom stereocenters. The Balaban J connectivity index is 1.76. The normalized spacial score (nSPS) is 13.4. The molecule has 1 heterocycles. The van der Waals surface area contributed by atoms with E-state index in [1.807, 2.05) is 6.92 Å². The molecule has 9 heteroatoms. The maximum Gasteiger partial charge on any atom is 0.416 e. The molecule has 2 N–H and O–H groups in total. The van der Waals surface area contributed by atoms with Gasteiger partial charge in [-0.3, -0.25) is 4.79 Å². The van der Waals surface area contributed by atoms with E-state index in [0.29, 0.717) is 33.4 Å². The summed E-state index contributed by atoms with van der Waals surface area (Å²) < 4.78 is 42.2. The molecule has 1 aromatic heterocycles. The number of benzene rings is 2. The lowest BCUT2D eigenvalue weighted by molar-refractivity contribution is -0.137. The number of carbonyl (C=O) groups is 2. The molecule has 0 saturated carbocycles. The maximum absolute atomic E-state index is 13.5. The monoisotopic (exact) mass is 548 g/mol. The number of fused-ring (bicyclic) bond motifs is 1. The lowest BCUT2D eigenvalue weighted by Gasteiger charge is -2.18. The van der Waals surface area contributed by atoms with E-state index in [9.17, 15) is 27.9 Å². The summed E-state index contributed by atoms with van der Waals surface area (Å²) in [7, 11) is 0. The number of halogens is 4. The predicted molar refractivity (Wildman–Crippen MR) is 130 cm³/mol. The summed E-state index contributed by atoms with van der Waals surface area (Å²) in [5.41, 5.74) is 2.95. The van der Waals surface area contributed by atoms with Crippen LogP contribution in [0.4, 0.5) is 18.9 Å². The molecule has 0 spiro atoms. The van der Waals surface area contributed by atoms with Crippen LogP contribution in [0.15, 0.2) is 46.9 Å². The minimum atomic E-state index is -4.46. The number of alkyl halides is 3. The van der Waals surface area contributed by atoms with Gasteiger partial charge in [-0.1, -0.05) is 25.1 Å². The molecule has 0 bridgehead atoms. The van der Waals surface area contributed by atoms with Crippen molar-refractivity contribution in [2.75, 3.05) is 5.32 Å². The van der Waals surface area contributed by atoms with Crippen molar-refractivity contribution in [3.8, 4) is 0 Å². The highest BCUT2D eigenvalue weighted by Crippen LogP contribution is 2.36. The molecule has 0 aliphatic heterocycles. The van der Waals surface area contributed by atoms with Gasteiger partial charge in [0, 0.05) is 17.9 Å². The van der Waals surface area contributed by atoms with Crippen LogP contribution in [0, 0.1) is 0 Å². The van der Waals surface area contributed by atoms with Crippen molar-refractivity contribution in [2.45, 2.75) is 51.7 Å². The fourth-order valence-corrected chi connectivity index (χ4v) is 5.53. The zero-order valence-corrected chi connectivity index (χ0v) is 20.6. The predicted octanol–water partition coefficient (Wildman–Crippen LogP) is 6.71. The van der Waals surface area contributed by atoms with Crippen molar-refractivity contribution in [3.63, 3.8) is 0 Å². The van der Waals surface area contributed by atoms with Gasteiger partial charge >= 0.3 is 12.1 Å². The molecule has 0 atom stereocenters. The van der Waals surface area contributed by atoms with Gasteiger partial charge in [0.25, 0.3) is 5.91 Å². The van der Waals surface area contributed by atoms with Gasteiger partial charge in [-0.25, -0.2) is 4.79 Å². The summed E-state index contributed by atoms with van der Waals surface area (Å²) in [6.45, 7) is 1.92. The Kier molecular flexibility index (Phi) is 7.07. The first-order valence-electron chi connectivity index (χ1n) is 11.3. The number of carboxylic acid groups (broad SMARTS) is 1. The van der Waals surface area contributed by atoms with Crippen molar-refractivity contribution < 1.29 is 27.9 Å². The molecular formula is C26H24BrF3N2O3. The fraction of sp³-hybridized carbons (Fsp3) is 0.308. The van der Waals surface area contributed by atoms with Crippen LogP contribution < -0.4 is 5.32 Å². The Morgan fingerprint density at radius 3 is 2.51 bits per heavy atom. The number of nitrogens with one attached hydrogen (secondary N) is 1. The van der Waals surface area contributed by atoms with Crippen LogP contribution in [0.3, 0.4) is 0 Å². The highest BCUT2D eigenvalue weighted by atomic mass is 79.9. The van der Waals surface area contributed by atoms with Crippen molar-refractivity contribution >= 4 is 33.5 Å². The van der Waals surface area contributed by atoms with Crippen molar-refractivity contribution in [1.82, 2.24) is 4.57 Å². The first kappa shape index (κ1) is 25.0. The summed E-state index contributed by atoms with van der Waals surface area (Å²) in [4.78, 5) is 25.2. The quantitative estimate of drug-likeness (QED) is 0.359. The number of aromatic carboxylic acids is 1. The lowest BCUT2D eigenvalue weighted by atomic mass is 9.98. The molecule has 5 nitrogen and oxygen atoms in total. The zero-order chi connectivity index (χ0) is 25.3. The molecule has 1 aliphatic carbocycles. The van der Waals surface area contributed by atoms with Crippen LogP contribution in [0.1, 0.15) is 68.6 Å². The number of aromatic nitrogens is 1. The summed E-state index contributed by atoms with van der Waals surface area (Å²) in [5, 5.41) is 12.4. The Morgan fingerprint density at radius 2 is 1.83 bits per heavy atom. The van der Waals surface area contributed by atoms with Gasteiger partial charge in [-0.2, -0.15) is 13.2 Å². The summed E-state index contributed by atoms with van der Waals surface area (Å²) in [6.07, 6.45) is -0.691. The SMILES string of the molecule is CCc1c(NC(=O)c2c(Br)c3c(n2Cc2cccc(C(F)(F)F)c2)CCCC3)cccc1C(=O)O. The number of carboxylic acids is 1. The average molecular weight is 549 g/mol. The first-order chi connectivity index (χ1) is 16.6. The second-order valence-corrected chi connectivity index (χ2v) is 9.32. The fourth-order valence-electron chi connectivity index (χ4n) is 4.71. The van der Waals surface area contributed by atoms with Gasteiger partial charge in [0.1, 0.15) is 5.69 Å². The minimum absolute atomic E-state index is 0.108.